The van der Waals surface area contributed by atoms with E-state index in [1.54, 1.807) is 0 Å². The van der Waals surface area contributed by atoms with Crippen LogP contribution < -0.4 is 11.1 Å². The van der Waals surface area contributed by atoms with Crippen LogP contribution in [-0.4, -0.2) is 47.0 Å². The smallest absolute Gasteiger partial charge is 0.189 e. The summed E-state index contributed by atoms with van der Waals surface area (Å²) >= 11 is 0. The number of hydrogen-bond acceptors (Lipinski definition) is 7. The van der Waals surface area contributed by atoms with Crippen LogP contribution in [0.4, 0.5) is 0 Å². The molecule has 2 fully saturated rings. The number of nitrogens with one attached hydrogen (secondary N) is 1. The molecule has 4 N–H and O–H groups in total. The number of rotatable bonds is 1. The van der Waals surface area contributed by atoms with Crippen molar-refractivity contribution in [2.75, 3.05) is 24.7 Å². The Labute approximate surface area is 194 Å². The molecule has 0 saturated heterocycles. The topological polar surface area (TPSA) is 87.7 Å². The predicted octanol–water partition coefficient (Wildman–Crippen LogP) is 3.92. The van der Waals surface area contributed by atoms with Crippen LogP contribution in [0.3, 0.4) is 0 Å². The number of carbonyl (C=O) groups excluding carboxylic acids is 1. The number of carbonyl (C=O) groups is 1. The minimum atomic E-state index is -0.0210. The molecule has 0 aromatic rings. The van der Waals surface area contributed by atoms with Crippen molar-refractivity contribution in [2.45, 2.75) is 70.8 Å². The first-order chi connectivity index (χ1) is 14.9. The number of ketones is 1. The maximum Gasteiger partial charge on any atom is 0.189 e. The zero-order valence-corrected chi connectivity index (χ0v) is 20.5. The van der Waals surface area contributed by atoms with Gasteiger partial charge in [0.15, 0.2) is 11.7 Å². The van der Waals surface area contributed by atoms with Crippen LogP contribution in [0.15, 0.2) is 16.1 Å². The maximum absolute atomic E-state index is 13.4. The second kappa shape index (κ2) is 7.98. The van der Waals surface area contributed by atoms with Crippen LogP contribution in [0.5, 0.6) is 0 Å². The van der Waals surface area contributed by atoms with Gasteiger partial charge < -0.3 is 16.2 Å². The highest BCUT2D eigenvalue weighted by molar-refractivity contribution is 8.76. The van der Waals surface area contributed by atoms with Gasteiger partial charge in [-0.1, -0.05) is 41.0 Å². The number of guanidine groups is 1. The Morgan fingerprint density at radius 2 is 2.13 bits per heavy atom. The van der Waals surface area contributed by atoms with Crippen LogP contribution >= 0.6 is 21.6 Å². The van der Waals surface area contributed by atoms with Gasteiger partial charge in [-0.05, 0) is 73.7 Å². The van der Waals surface area contributed by atoms with E-state index in [0.717, 1.165) is 68.6 Å². The lowest BCUT2D eigenvalue weighted by molar-refractivity contribution is -0.123. The van der Waals surface area contributed by atoms with Gasteiger partial charge in [0.05, 0.1) is 5.54 Å². The van der Waals surface area contributed by atoms with Crippen LogP contribution in [0, 0.1) is 28.6 Å². The number of aliphatic hydroxyl groups is 1. The van der Waals surface area contributed by atoms with Crippen LogP contribution in [0.25, 0.3) is 0 Å². The van der Waals surface area contributed by atoms with E-state index in [1.807, 2.05) is 21.6 Å². The summed E-state index contributed by atoms with van der Waals surface area (Å²) in [5.74, 6) is 4.43. The van der Waals surface area contributed by atoms with Gasteiger partial charge >= 0.3 is 0 Å². The molecule has 6 atom stereocenters. The first-order valence-electron chi connectivity index (χ1n) is 12.0. The largest absolute Gasteiger partial charge is 0.396 e. The molecule has 5 bridgehead atoms. The van der Waals surface area contributed by atoms with Crippen molar-refractivity contribution in [3.63, 3.8) is 0 Å². The number of nitrogens with two attached hydrogens (primary N) is 1. The third-order valence-corrected chi connectivity index (χ3v) is 12.4. The van der Waals surface area contributed by atoms with E-state index < -0.39 is 0 Å². The van der Waals surface area contributed by atoms with Gasteiger partial charge in [-0.2, -0.15) is 0 Å². The Bertz CT molecular complexity index is 830. The Morgan fingerprint density at radius 1 is 1.29 bits per heavy atom. The van der Waals surface area contributed by atoms with E-state index in [2.05, 4.69) is 24.2 Å². The molecular formula is C24H37N3O2S2. The van der Waals surface area contributed by atoms with Gasteiger partial charge in [-0.25, -0.2) is 0 Å². The molecular weight excluding hydrogens is 426 g/mol. The van der Waals surface area contributed by atoms with Crippen molar-refractivity contribution in [3.8, 4) is 0 Å². The normalized spacial score (nSPS) is 45.6. The summed E-state index contributed by atoms with van der Waals surface area (Å²) in [6.07, 6.45) is 8.00. The van der Waals surface area contributed by atoms with E-state index in [0.29, 0.717) is 35.9 Å². The van der Waals surface area contributed by atoms with Crippen molar-refractivity contribution in [1.82, 2.24) is 5.32 Å². The van der Waals surface area contributed by atoms with Crippen molar-refractivity contribution in [2.24, 2.45) is 39.3 Å². The Kier molecular flexibility index (Phi) is 5.70. The molecule has 0 amide bonds. The van der Waals surface area contributed by atoms with E-state index in [-0.39, 0.29) is 23.0 Å². The molecule has 2 saturated carbocycles. The third-order valence-electron chi connectivity index (χ3n) is 9.83. The number of hydrogen-bond donors (Lipinski definition) is 3. The van der Waals surface area contributed by atoms with Crippen molar-refractivity contribution in [1.29, 1.82) is 0 Å². The molecule has 31 heavy (non-hydrogen) atoms. The van der Waals surface area contributed by atoms with Gasteiger partial charge in [-0.3, -0.25) is 9.79 Å². The predicted molar refractivity (Wildman–Crippen MR) is 130 cm³/mol. The minimum Gasteiger partial charge on any atom is -0.396 e. The van der Waals surface area contributed by atoms with Gasteiger partial charge in [0.25, 0.3) is 0 Å². The first-order valence-corrected chi connectivity index (χ1v) is 14.5. The summed E-state index contributed by atoms with van der Waals surface area (Å²) in [7, 11) is 3.98. The molecule has 172 valence electrons. The molecule has 2 spiro atoms. The quantitative estimate of drug-likeness (QED) is 0.511. The fourth-order valence-corrected chi connectivity index (χ4v) is 10.8. The molecule has 3 aliphatic carbocycles. The van der Waals surface area contributed by atoms with Gasteiger partial charge in [0, 0.05) is 36.5 Å². The number of aliphatic hydroxyl groups excluding tert-OH is 1. The lowest BCUT2D eigenvalue weighted by atomic mass is 9.48. The number of Topliss-reactive ketones (excluding diaryl/α,β-unsaturated/α-hetero) is 1. The van der Waals surface area contributed by atoms with Crippen LogP contribution in [0.1, 0.15) is 65.2 Å². The standard InChI is InChI=1S/C24H37N3O2S2/c1-15-16(13-28)10-17-11-19-18-4-3-5-23(6-8-26-21(25)27-23)14-31-30-9-7-22(17,2)24(15,19)12-20(18)29/h15-17,28H,3-14H2,1-2H3,(H3,25,26,27). The summed E-state index contributed by atoms with van der Waals surface area (Å²) in [6.45, 7) is 5.87. The lowest BCUT2D eigenvalue weighted by Crippen LogP contribution is -2.56. The van der Waals surface area contributed by atoms with Crippen LogP contribution in [0.2, 0.25) is 0 Å². The fraction of sp³-hybridized carbons (Fsp3) is 0.833. The highest BCUT2D eigenvalue weighted by Gasteiger charge is 2.68. The lowest BCUT2D eigenvalue weighted by Gasteiger charge is -2.55. The second-order valence-electron chi connectivity index (χ2n) is 10.9. The minimum absolute atomic E-state index is 0.00376. The number of nitrogens with zero attached hydrogens (tertiary/aromatic N) is 1. The van der Waals surface area contributed by atoms with Crippen LogP contribution in [-0.2, 0) is 4.79 Å². The molecule has 6 unspecified atom stereocenters. The molecule has 5 nitrogen and oxygen atoms in total. The van der Waals surface area contributed by atoms with Crippen molar-refractivity contribution < 1.29 is 9.90 Å². The second-order valence-corrected chi connectivity index (χ2v) is 13.5. The third kappa shape index (κ3) is 3.23. The summed E-state index contributed by atoms with van der Waals surface area (Å²) in [5.41, 5.74) is 8.87. The van der Waals surface area contributed by atoms with E-state index in [1.165, 1.54) is 5.57 Å². The fourth-order valence-electron chi connectivity index (χ4n) is 8.02. The van der Waals surface area contributed by atoms with E-state index in [9.17, 15) is 9.90 Å². The summed E-state index contributed by atoms with van der Waals surface area (Å²) < 4.78 is 0. The Morgan fingerprint density at radius 3 is 2.90 bits per heavy atom. The van der Waals surface area contributed by atoms with Crippen molar-refractivity contribution in [3.05, 3.63) is 11.1 Å². The Hall–Kier alpha value is -0.660. The molecule has 2 aliphatic heterocycles. The Balaban J connectivity index is 1.50. The maximum atomic E-state index is 13.4. The van der Waals surface area contributed by atoms with Gasteiger partial charge in [0.1, 0.15) is 0 Å². The zero-order valence-electron chi connectivity index (χ0n) is 18.9. The SMILES string of the molecule is CC1C(CO)CC2CC3=C4CCCC5(CCN=C(N)N5)CSSCCC2(C)C31CC4=O. The molecule has 5 rings (SSSR count). The molecule has 2 heterocycles. The average molecular weight is 464 g/mol. The molecule has 7 heteroatoms. The summed E-state index contributed by atoms with van der Waals surface area (Å²) in [4.78, 5) is 17.8. The van der Waals surface area contributed by atoms with E-state index >= 15 is 0 Å². The molecule has 0 radical (unpaired) electrons. The zero-order chi connectivity index (χ0) is 21.9. The van der Waals surface area contributed by atoms with E-state index in [4.69, 9.17) is 5.73 Å². The summed E-state index contributed by atoms with van der Waals surface area (Å²) in [5, 5.41) is 13.7. The summed E-state index contributed by atoms with van der Waals surface area (Å²) in [6, 6.07) is 0. The highest BCUT2D eigenvalue weighted by atomic mass is 33.1. The molecule has 5 aliphatic rings. The highest BCUT2D eigenvalue weighted by Crippen LogP contribution is 2.74. The first kappa shape index (κ1) is 22.1. The van der Waals surface area contributed by atoms with Gasteiger partial charge in [-0.15, -0.1) is 0 Å². The molecule has 0 aromatic heterocycles. The van der Waals surface area contributed by atoms with Crippen molar-refractivity contribution >= 4 is 33.3 Å². The number of allylic oxidation sites excluding steroid dienone is 2. The molecule has 0 aromatic carbocycles. The monoisotopic (exact) mass is 463 g/mol. The van der Waals surface area contributed by atoms with Gasteiger partial charge in [0.2, 0.25) is 0 Å². The number of aliphatic imine (C=N–C) groups is 1. The average Bonchev–Trinajstić information content (AvgIpc) is 3.08.